The topological polar surface area (TPSA) is 29.5 Å². The Hall–Kier alpha value is -0.920. The van der Waals surface area contributed by atoms with Gasteiger partial charge in [-0.3, -0.25) is 8.98 Å². The van der Waals surface area contributed by atoms with Crippen molar-refractivity contribution in [3.63, 3.8) is 0 Å². The number of carbonyl (C=O) groups is 1. The summed E-state index contributed by atoms with van der Waals surface area (Å²) in [7, 11) is 2.02. The average Bonchev–Trinajstić information content (AvgIpc) is 3.39. The van der Waals surface area contributed by atoms with E-state index in [9.17, 15) is 9.18 Å². The fraction of sp³-hybridized carbons (Fsp3) is 0.278. The summed E-state index contributed by atoms with van der Waals surface area (Å²) in [6.07, 6.45) is 2.45. The largest absolute Gasteiger partial charge is 0.296 e. The van der Waals surface area contributed by atoms with Crippen LogP contribution in [0.15, 0.2) is 40.9 Å². The van der Waals surface area contributed by atoms with E-state index in [1.165, 1.54) is 37.2 Å². The summed E-state index contributed by atoms with van der Waals surface area (Å²) in [5.41, 5.74) is 1.69. The number of ketones is 1. The second-order valence-corrected chi connectivity index (χ2v) is 8.10. The highest BCUT2D eigenvalue weighted by Gasteiger charge is 2.27. The van der Waals surface area contributed by atoms with E-state index in [1.54, 1.807) is 6.07 Å². The molecule has 2 aromatic rings. The van der Waals surface area contributed by atoms with Gasteiger partial charge in [0.15, 0.2) is 5.78 Å². The zero-order valence-electron chi connectivity index (χ0n) is 13.5. The molecule has 2 aromatic carbocycles. The van der Waals surface area contributed by atoms with E-state index in [-0.39, 0.29) is 16.4 Å². The molecule has 3 nitrogen and oxygen atoms in total. The van der Waals surface area contributed by atoms with Crippen molar-refractivity contribution in [3.05, 3.63) is 68.4 Å². The van der Waals surface area contributed by atoms with E-state index in [4.69, 9.17) is 15.8 Å². The van der Waals surface area contributed by atoms with Crippen LogP contribution >= 0.6 is 39.8 Å². The first kappa shape index (κ1) is 18.9. The van der Waals surface area contributed by atoms with Crippen molar-refractivity contribution in [2.45, 2.75) is 25.5 Å². The van der Waals surface area contributed by atoms with Crippen molar-refractivity contribution in [2.24, 2.45) is 0 Å². The minimum absolute atomic E-state index is 0.101. The second-order valence-electron chi connectivity index (χ2n) is 5.88. The monoisotopic (exact) mass is 443 g/mol. The molecule has 0 bridgehead atoms. The molecule has 0 unspecified atom stereocenters. The number of carbonyl (C=O) groups excluding carboxylic acids is 1. The van der Waals surface area contributed by atoms with Crippen molar-refractivity contribution in [2.75, 3.05) is 7.05 Å². The first-order valence-corrected chi connectivity index (χ1v) is 9.63. The maximum absolute atomic E-state index is 13.2. The van der Waals surface area contributed by atoms with Crippen LogP contribution in [0.5, 0.6) is 0 Å². The van der Waals surface area contributed by atoms with Crippen LogP contribution in [-0.2, 0) is 10.8 Å². The molecule has 0 atom stereocenters. The highest BCUT2D eigenvalue weighted by molar-refractivity contribution is 9.10. The number of halogens is 3. The van der Waals surface area contributed by atoms with Crippen molar-refractivity contribution >= 4 is 45.5 Å². The van der Waals surface area contributed by atoms with Crippen molar-refractivity contribution in [1.29, 1.82) is 0 Å². The molecule has 0 heterocycles. The predicted molar refractivity (Wildman–Crippen MR) is 102 cm³/mol. The fourth-order valence-corrected chi connectivity index (χ4v) is 3.87. The maximum Gasteiger partial charge on any atom is 0.195 e. The van der Waals surface area contributed by atoms with Crippen molar-refractivity contribution in [3.8, 4) is 0 Å². The quantitative estimate of drug-likeness (QED) is 0.314. The van der Waals surface area contributed by atoms with E-state index < -0.39 is 5.82 Å². The summed E-state index contributed by atoms with van der Waals surface area (Å²) >= 11 is 10.8. The minimum atomic E-state index is -0.471. The number of nitrogens with zero attached hydrogens (tertiary/aromatic N) is 1. The van der Waals surface area contributed by atoms with Crippen LogP contribution in [0.4, 0.5) is 4.39 Å². The highest BCUT2D eigenvalue weighted by atomic mass is 79.9. The van der Waals surface area contributed by atoms with Gasteiger partial charge in [-0.15, -0.1) is 0 Å². The van der Waals surface area contributed by atoms with E-state index in [1.807, 2.05) is 19.2 Å². The first-order chi connectivity index (χ1) is 12.0. The molecule has 25 heavy (non-hydrogen) atoms. The molecule has 0 aromatic heterocycles. The van der Waals surface area contributed by atoms with Crippen LogP contribution in [0.1, 0.15) is 34.3 Å². The van der Waals surface area contributed by atoms with Gasteiger partial charge in [-0.2, -0.15) is 0 Å². The molecule has 1 aliphatic carbocycles. The van der Waals surface area contributed by atoms with E-state index in [2.05, 4.69) is 20.2 Å². The lowest BCUT2D eigenvalue weighted by Crippen LogP contribution is -2.11. The predicted octanol–water partition coefficient (Wildman–Crippen LogP) is 5.65. The molecule has 0 N–H and O–H groups in total. The van der Waals surface area contributed by atoms with Gasteiger partial charge in [0, 0.05) is 21.6 Å². The van der Waals surface area contributed by atoms with Crippen molar-refractivity contribution < 1.29 is 13.4 Å². The van der Waals surface area contributed by atoms with E-state index >= 15 is 0 Å². The van der Waals surface area contributed by atoms with E-state index in [0.29, 0.717) is 22.7 Å². The van der Waals surface area contributed by atoms with Crippen LogP contribution < -0.4 is 0 Å². The summed E-state index contributed by atoms with van der Waals surface area (Å²) in [5.74, 6) is -0.728. The van der Waals surface area contributed by atoms with Crippen LogP contribution in [0.2, 0.25) is 5.02 Å². The summed E-state index contributed by atoms with van der Waals surface area (Å²) in [6.45, 7) is 0.437. The Morgan fingerprint density at radius 1 is 1.32 bits per heavy atom. The molecule has 1 fully saturated rings. The molecule has 0 amide bonds. The van der Waals surface area contributed by atoms with Gasteiger partial charge >= 0.3 is 0 Å². The van der Waals surface area contributed by atoms with Crippen LogP contribution in [0, 0.1) is 5.82 Å². The summed E-state index contributed by atoms with van der Waals surface area (Å²) in [5, 5.41) is 0.101. The molecule has 0 radical (unpaired) electrons. The molecular weight excluding hydrogens is 429 g/mol. The first-order valence-electron chi connectivity index (χ1n) is 7.76. The lowest BCUT2D eigenvalue weighted by molar-refractivity contribution is 0.103. The van der Waals surface area contributed by atoms with Gasteiger partial charge < -0.3 is 0 Å². The van der Waals surface area contributed by atoms with Gasteiger partial charge in [-0.25, -0.2) is 8.70 Å². The highest BCUT2D eigenvalue weighted by Crippen LogP contribution is 2.31. The standard InChI is InChI=1S/C18H16BrClFNO2S/c1-22(13-4-5-13)25-24-10-11-2-6-14(16(19)8-11)18(23)15-7-3-12(21)9-17(15)20/h2-3,6-9,13H,4-5,10H2,1H3. The number of rotatable bonds is 7. The molecule has 132 valence electrons. The number of hydrogen-bond donors (Lipinski definition) is 0. The Morgan fingerprint density at radius 2 is 2.04 bits per heavy atom. The number of hydrogen-bond acceptors (Lipinski definition) is 4. The average molecular weight is 445 g/mol. The van der Waals surface area contributed by atoms with Crippen LogP contribution in [0.3, 0.4) is 0 Å². The maximum atomic E-state index is 13.2. The minimum Gasteiger partial charge on any atom is -0.296 e. The molecule has 0 spiro atoms. The Labute approximate surface area is 164 Å². The van der Waals surface area contributed by atoms with Crippen LogP contribution in [0.25, 0.3) is 0 Å². The Kier molecular flexibility index (Phi) is 6.17. The molecular formula is C18H16BrClFNO2S. The molecule has 3 rings (SSSR count). The third-order valence-corrected chi connectivity index (χ3v) is 5.64. The lowest BCUT2D eigenvalue weighted by atomic mass is 10.0. The van der Waals surface area contributed by atoms with E-state index in [0.717, 1.165) is 11.6 Å². The summed E-state index contributed by atoms with van der Waals surface area (Å²) < 4.78 is 21.5. The fourth-order valence-electron chi connectivity index (χ4n) is 2.33. The van der Waals surface area contributed by atoms with Gasteiger partial charge in [-0.1, -0.05) is 33.6 Å². The lowest BCUT2D eigenvalue weighted by Gasteiger charge is -2.13. The normalized spacial score (nSPS) is 14.1. The number of benzene rings is 2. The smallest absolute Gasteiger partial charge is 0.195 e. The molecule has 0 aliphatic heterocycles. The molecule has 7 heteroatoms. The third kappa shape index (κ3) is 4.83. The second kappa shape index (κ2) is 8.18. The van der Waals surface area contributed by atoms with Crippen molar-refractivity contribution in [1.82, 2.24) is 4.31 Å². The Bertz CT molecular complexity index is 801. The zero-order chi connectivity index (χ0) is 18.0. The molecule has 1 saturated carbocycles. The SMILES string of the molecule is CN(SOCc1ccc(C(=O)c2ccc(F)cc2Cl)c(Br)c1)C1CC1. The summed E-state index contributed by atoms with van der Waals surface area (Å²) in [6, 6.07) is 9.79. The Balaban J connectivity index is 1.67. The van der Waals surface area contributed by atoms with Gasteiger partial charge in [0.2, 0.25) is 0 Å². The van der Waals surface area contributed by atoms with Crippen LogP contribution in [-0.4, -0.2) is 23.2 Å². The molecule has 0 saturated heterocycles. The van der Waals surface area contributed by atoms with Gasteiger partial charge in [-0.05, 0) is 55.8 Å². The zero-order valence-corrected chi connectivity index (χ0v) is 16.6. The third-order valence-electron chi connectivity index (χ3n) is 3.91. The van der Waals surface area contributed by atoms with Gasteiger partial charge in [0.25, 0.3) is 0 Å². The molecule has 1 aliphatic rings. The van der Waals surface area contributed by atoms with Gasteiger partial charge in [0.1, 0.15) is 5.82 Å². The Morgan fingerprint density at radius 3 is 2.68 bits per heavy atom. The van der Waals surface area contributed by atoms with Gasteiger partial charge in [0.05, 0.1) is 23.9 Å². The summed E-state index contributed by atoms with van der Waals surface area (Å²) in [4.78, 5) is 12.6.